The maximum absolute atomic E-state index is 12.6. The number of hydrogen-bond donors (Lipinski definition) is 2. The number of nitro groups is 1. The summed E-state index contributed by atoms with van der Waals surface area (Å²) >= 11 is 0. The minimum Gasteiger partial charge on any atom is -0.377 e. The molecule has 0 radical (unpaired) electrons. The van der Waals surface area contributed by atoms with E-state index < -0.39 is 4.92 Å². The van der Waals surface area contributed by atoms with Gasteiger partial charge in [-0.25, -0.2) is 0 Å². The van der Waals surface area contributed by atoms with Crippen LogP contribution in [0.1, 0.15) is 39.9 Å². The summed E-state index contributed by atoms with van der Waals surface area (Å²) in [7, 11) is 0. The van der Waals surface area contributed by atoms with E-state index >= 15 is 0 Å². The molecular weight excluding hydrogens is 354 g/mol. The van der Waals surface area contributed by atoms with Gasteiger partial charge in [-0.15, -0.1) is 6.58 Å². The number of para-hydroxylation sites is 1. The molecule has 4 rings (SSSR count). The van der Waals surface area contributed by atoms with E-state index in [1.165, 1.54) is 12.1 Å². The highest BCUT2D eigenvalue weighted by Crippen LogP contribution is 2.50. The number of allylic oxidation sites excluding steroid dienone is 2. The highest BCUT2D eigenvalue weighted by Gasteiger charge is 2.39. The fourth-order valence-electron chi connectivity index (χ4n) is 4.20. The van der Waals surface area contributed by atoms with Gasteiger partial charge in [0, 0.05) is 24.6 Å². The zero-order chi connectivity index (χ0) is 19.7. The number of nitrogens with one attached hydrogen (secondary N) is 2. The van der Waals surface area contributed by atoms with Crippen molar-refractivity contribution in [2.24, 2.45) is 5.92 Å². The van der Waals surface area contributed by atoms with Crippen molar-refractivity contribution in [3.05, 3.63) is 94.1 Å². The Hall–Kier alpha value is -3.41. The summed E-state index contributed by atoms with van der Waals surface area (Å²) in [6.45, 7) is 4.04. The molecule has 3 atom stereocenters. The van der Waals surface area contributed by atoms with Gasteiger partial charge in [-0.05, 0) is 29.5 Å². The molecule has 1 amide bonds. The molecule has 0 fully saturated rings. The second-order valence-corrected chi connectivity index (χ2v) is 7.09. The van der Waals surface area contributed by atoms with Gasteiger partial charge in [0.2, 0.25) is 0 Å². The van der Waals surface area contributed by atoms with Gasteiger partial charge in [0.1, 0.15) is 0 Å². The molecule has 2 N–H and O–H groups in total. The van der Waals surface area contributed by atoms with Crippen LogP contribution in [0.5, 0.6) is 0 Å². The fourth-order valence-corrected chi connectivity index (χ4v) is 4.20. The third-order valence-electron chi connectivity index (χ3n) is 5.51. The molecule has 28 heavy (non-hydrogen) atoms. The van der Waals surface area contributed by atoms with E-state index in [4.69, 9.17) is 0 Å². The number of nitro benzene ring substituents is 1. The number of hydrogen-bond acceptors (Lipinski definition) is 4. The second-order valence-electron chi connectivity index (χ2n) is 7.09. The van der Waals surface area contributed by atoms with Crippen molar-refractivity contribution in [2.45, 2.75) is 18.4 Å². The zero-order valence-corrected chi connectivity index (χ0v) is 15.3. The van der Waals surface area contributed by atoms with E-state index in [-0.39, 0.29) is 23.6 Å². The van der Waals surface area contributed by atoms with E-state index in [1.807, 2.05) is 12.1 Å². The number of benzene rings is 2. The monoisotopic (exact) mass is 375 g/mol. The first-order valence-corrected chi connectivity index (χ1v) is 9.29. The van der Waals surface area contributed by atoms with Gasteiger partial charge < -0.3 is 10.6 Å². The van der Waals surface area contributed by atoms with Crippen LogP contribution in [0.15, 0.2) is 67.3 Å². The standard InChI is InChI=1S/C22H21N3O3/c1-2-13-23-22(26)19-8-4-7-18-16-5-3-6-17(16)20(24-21(18)19)14-9-11-15(12-10-14)25(27)28/h2-5,7-12,16-17,20,24H,1,6,13H2,(H,23,26). The number of amides is 1. The average Bonchev–Trinajstić information content (AvgIpc) is 3.21. The van der Waals surface area contributed by atoms with E-state index in [2.05, 4.69) is 35.4 Å². The van der Waals surface area contributed by atoms with E-state index in [0.717, 1.165) is 23.2 Å². The van der Waals surface area contributed by atoms with Crippen LogP contribution in [0, 0.1) is 16.0 Å². The average molecular weight is 375 g/mol. The van der Waals surface area contributed by atoms with Crippen molar-refractivity contribution >= 4 is 17.3 Å². The third kappa shape index (κ3) is 3.07. The van der Waals surface area contributed by atoms with E-state index in [1.54, 1.807) is 18.2 Å². The van der Waals surface area contributed by atoms with Crippen LogP contribution >= 0.6 is 0 Å². The lowest BCUT2D eigenvalue weighted by Crippen LogP contribution is -2.32. The summed E-state index contributed by atoms with van der Waals surface area (Å²) in [6, 6.07) is 12.4. The molecule has 0 bridgehead atoms. The molecule has 142 valence electrons. The molecule has 2 aromatic carbocycles. The zero-order valence-electron chi connectivity index (χ0n) is 15.3. The molecule has 6 nitrogen and oxygen atoms in total. The van der Waals surface area contributed by atoms with Crippen molar-refractivity contribution in [3.63, 3.8) is 0 Å². The largest absolute Gasteiger partial charge is 0.377 e. The molecule has 2 aromatic rings. The van der Waals surface area contributed by atoms with Gasteiger partial charge in [0.25, 0.3) is 11.6 Å². The lowest BCUT2D eigenvalue weighted by molar-refractivity contribution is -0.384. The van der Waals surface area contributed by atoms with Crippen molar-refractivity contribution in [1.29, 1.82) is 0 Å². The van der Waals surface area contributed by atoms with Gasteiger partial charge in [-0.3, -0.25) is 14.9 Å². The molecule has 0 saturated heterocycles. The second kappa shape index (κ2) is 7.31. The maximum atomic E-state index is 12.6. The van der Waals surface area contributed by atoms with Crippen LogP contribution in [0.2, 0.25) is 0 Å². The van der Waals surface area contributed by atoms with Crippen LogP contribution in [0.4, 0.5) is 11.4 Å². The number of rotatable bonds is 5. The maximum Gasteiger partial charge on any atom is 0.269 e. The van der Waals surface area contributed by atoms with Crippen molar-refractivity contribution in [2.75, 3.05) is 11.9 Å². The number of fused-ring (bicyclic) bond motifs is 3. The molecular formula is C22H21N3O3. The number of carbonyl (C=O) groups excluding carboxylic acids is 1. The molecule has 0 aromatic heterocycles. The molecule has 1 aliphatic heterocycles. The van der Waals surface area contributed by atoms with Gasteiger partial charge in [0.05, 0.1) is 22.2 Å². The SMILES string of the molecule is C=CCNC(=O)c1cccc2c1NC(c1ccc([N+](=O)[O-])cc1)C1CC=CC21. The Morgan fingerprint density at radius 1 is 1.29 bits per heavy atom. The molecule has 6 heteroatoms. The Labute approximate surface area is 163 Å². The Morgan fingerprint density at radius 2 is 2.07 bits per heavy atom. The first-order chi connectivity index (χ1) is 13.6. The summed E-state index contributed by atoms with van der Waals surface area (Å²) in [6.07, 6.45) is 6.95. The van der Waals surface area contributed by atoms with Crippen LogP contribution in [0.25, 0.3) is 0 Å². The van der Waals surface area contributed by atoms with Crippen molar-refractivity contribution in [1.82, 2.24) is 5.32 Å². The summed E-state index contributed by atoms with van der Waals surface area (Å²) in [5.74, 6) is 0.371. The normalized spacial score (nSPS) is 21.9. The summed E-state index contributed by atoms with van der Waals surface area (Å²) in [4.78, 5) is 23.2. The van der Waals surface area contributed by atoms with E-state index in [9.17, 15) is 14.9 Å². The van der Waals surface area contributed by atoms with Gasteiger partial charge >= 0.3 is 0 Å². The molecule has 1 heterocycles. The smallest absolute Gasteiger partial charge is 0.269 e. The first kappa shape index (κ1) is 18.0. The molecule has 2 aliphatic rings. The first-order valence-electron chi connectivity index (χ1n) is 9.29. The topological polar surface area (TPSA) is 84.3 Å². The third-order valence-corrected chi connectivity index (χ3v) is 5.51. The number of carbonyl (C=O) groups is 1. The van der Waals surface area contributed by atoms with Crippen molar-refractivity contribution < 1.29 is 9.72 Å². The summed E-state index contributed by atoms with van der Waals surface area (Å²) < 4.78 is 0. The molecule has 3 unspecified atom stereocenters. The molecule has 0 saturated carbocycles. The van der Waals surface area contributed by atoms with Crippen LogP contribution in [0.3, 0.4) is 0 Å². The fraction of sp³-hybridized carbons (Fsp3) is 0.227. The van der Waals surface area contributed by atoms with E-state index in [0.29, 0.717) is 18.0 Å². The highest BCUT2D eigenvalue weighted by molar-refractivity contribution is 6.00. The Bertz CT molecular complexity index is 965. The summed E-state index contributed by atoms with van der Waals surface area (Å²) in [5.41, 5.74) is 3.61. The number of non-ortho nitro benzene ring substituents is 1. The van der Waals surface area contributed by atoms with Crippen LogP contribution in [-0.4, -0.2) is 17.4 Å². The number of nitrogens with zero attached hydrogens (tertiary/aromatic N) is 1. The summed E-state index contributed by atoms with van der Waals surface area (Å²) in [5, 5.41) is 17.4. The number of anilines is 1. The predicted octanol–water partition coefficient (Wildman–Crippen LogP) is 4.34. The minimum atomic E-state index is -0.393. The Morgan fingerprint density at radius 3 is 2.79 bits per heavy atom. The molecule has 1 aliphatic carbocycles. The lowest BCUT2D eigenvalue weighted by atomic mass is 9.76. The quantitative estimate of drug-likeness (QED) is 0.463. The predicted molar refractivity (Wildman–Crippen MR) is 108 cm³/mol. The molecule has 0 spiro atoms. The van der Waals surface area contributed by atoms with Gasteiger partial charge in [-0.1, -0.05) is 42.5 Å². The Balaban J connectivity index is 1.73. The van der Waals surface area contributed by atoms with Crippen molar-refractivity contribution in [3.8, 4) is 0 Å². The highest BCUT2D eigenvalue weighted by atomic mass is 16.6. The van der Waals surface area contributed by atoms with Crippen LogP contribution < -0.4 is 10.6 Å². The van der Waals surface area contributed by atoms with Crippen LogP contribution in [-0.2, 0) is 0 Å². The van der Waals surface area contributed by atoms with Gasteiger partial charge in [-0.2, -0.15) is 0 Å². The lowest BCUT2D eigenvalue weighted by Gasteiger charge is -2.38. The minimum absolute atomic E-state index is 0.0262. The Kier molecular flexibility index (Phi) is 4.69. The van der Waals surface area contributed by atoms with Gasteiger partial charge in [0.15, 0.2) is 0 Å².